The highest BCUT2D eigenvalue weighted by Gasteiger charge is 2.40. The van der Waals surface area contributed by atoms with Crippen molar-refractivity contribution in [3.8, 4) is 0 Å². The van der Waals surface area contributed by atoms with Gasteiger partial charge in [0.05, 0.1) is 10.0 Å². The van der Waals surface area contributed by atoms with Gasteiger partial charge < -0.3 is 5.11 Å². The summed E-state index contributed by atoms with van der Waals surface area (Å²) in [7, 11) is 0. The van der Waals surface area contributed by atoms with Gasteiger partial charge in [0.25, 0.3) is 0 Å². The molecule has 0 atom stereocenters. The minimum Gasteiger partial charge on any atom is -0.382 e. The molecule has 0 spiro atoms. The quantitative estimate of drug-likeness (QED) is 0.845. The van der Waals surface area contributed by atoms with E-state index in [1.54, 1.807) is 12.1 Å². The molecule has 1 N–H and O–H groups in total. The molecule has 18 heavy (non-hydrogen) atoms. The lowest BCUT2D eigenvalue weighted by Crippen LogP contribution is -2.42. The molecule has 2 nitrogen and oxygen atoms in total. The van der Waals surface area contributed by atoms with Gasteiger partial charge in [0, 0.05) is 0 Å². The van der Waals surface area contributed by atoms with E-state index in [-0.39, 0.29) is 10.0 Å². The van der Waals surface area contributed by atoms with Crippen LogP contribution >= 0.6 is 15.9 Å². The van der Waals surface area contributed by atoms with Crippen molar-refractivity contribution in [1.82, 2.24) is 0 Å². The fourth-order valence-corrected chi connectivity index (χ4v) is 2.76. The highest BCUT2D eigenvalue weighted by Crippen LogP contribution is 2.35. The van der Waals surface area contributed by atoms with E-state index in [2.05, 4.69) is 22.9 Å². The second-order valence-electron chi connectivity index (χ2n) is 5.14. The lowest BCUT2D eigenvalue weighted by atomic mass is 9.76. The van der Waals surface area contributed by atoms with Crippen LogP contribution in [0.5, 0.6) is 0 Å². The number of hydrogen-bond donors (Lipinski definition) is 1. The van der Waals surface area contributed by atoms with Gasteiger partial charge in [-0.3, -0.25) is 4.79 Å². The summed E-state index contributed by atoms with van der Waals surface area (Å²) >= 11 is 3.06. The van der Waals surface area contributed by atoms with E-state index in [1.807, 2.05) is 0 Å². The Bertz CT molecular complexity index is 465. The summed E-state index contributed by atoms with van der Waals surface area (Å²) in [6.07, 6.45) is 2.44. The lowest BCUT2D eigenvalue weighted by Gasteiger charge is -2.33. The molecule has 0 aromatic heterocycles. The molecule has 1 aromatic rings. The maximum absolute atomic E-state index is 13.9. The van der Waals surface area contributed by atoms with E-state index in [1.165, 1.54) is 6.07 Å². The number of carbonyl (C=O) groups is 1. The Morgan fingerprint density at radius 1 is 1.44 bits per heavy atom. The Balaban J connectivity index is 2.28. The van der Waals surface area contributed by atoms with Gasteiger partial charge in [0.1, 0.15) is 11.4 Å². The first-order chi connectivity index (χ1) is 8.44. The van der Waals surface area contributed by atoms with Crippen LogP contribution in [0, 0.1) is 11.7 Å². The van der Waals surface area contributed by atoms with Crippen molar-refractivity contribution in [1.29, 1.82) is 0 Å². The van der Waals surface area contributed by atoms with Gasteiger partial charge in [-0.1, -0.05) is 13.0 Å². The zero-order chi connectivity index (χ0) is 13.3. The molecule has 1 aliphatic rings. The molecular formula is C14H16BrFO2. The van der Waals surface area contributed by atoms with Crippen molar-refractivity contribution in [3.63, 3.8) is 0 Å². The molecule has 4 heteroatoms. The molecule has 0 radical (unpaired) electrons. The molecule has 0 heterocycles. The van der Waals surface area contributed by atoms with Crippen molar-refractivity contribution < 1.29 is 14.3 Å². The number of aliphatic hydroxyl groups is 1. The molecule has 98 valence electrons. The maximum atomic E-state index is 13.9. The van der Waals surface area contributed by atoms with Crippen molar-refractivity contribution in [2.24, 2.45) is 5.92 Å². The molecule has 0 unspecified atom stereocenters. The first-order valence-corrected chi connectivity index (χ1v) is 6.94. The standard InChI is InChI=1S/C14H16BrFO2/c1-9-5-7-14(18,8-6-9)13(17)10-3-2-4-11(15)12(10)16/h2-4,9,18H,5-8H2,1H3. The molecule has 0 amide bonds. The van der Waals surface area contributed by atoms with Crippen molar-refractivity contribution in [2.45, 2.75) is 38.2 Å². The molecule has 0 bridgehead atoms. The monoisotopic (exact) mass is 314 g/mol. The van der Waals surface area contributed by atoms with Gasteiger partial charge in [-0.25, -0.2) is 4.39 Å². The summed E-state index contributed by atoms with van der Waals surface area (Å²) in [5.74, 6) is -0.562. The average Bonchev–Trinajstić information content (AvgIpc) is 2.36. The number of rotatable bonds is 2. The van der Waals surface area contributed by atoms with Crippen molar-refractivity contribution >= 4 is 21.7 Å². The SMILES string of the molecule is CC1CCC(O)(C(=O)c2cccc(Br)c2F)CC1. The zero-order valence-electron chi connectivity index (χ0n) is 10.2. The van der Waals surface area contributed by atoms with Crippen LogP contribution in [0.1, 0.15) is 43.0 Å². The normalized spacial score (nSPS) is 28.1. The van der Waals surface area contributed by atoms with Crippen LogP contribution in [0.4, 0.5) is 4.39 Å². The Hall–Kier alpha value is -0.740. The first kappa shape index (κ1) is 13.7. The topological polar surface area (TPSA) is 37.3 Å². The van der Waals surface area contributed by atoms with Crippen LogP contribution < -0.4 is 0 Å². The predicted octanol–water partition coefficient (Wildman–Crippen LogP) is 3.71. The third-order valence-corrected chi connectivity index (χ3v) is 4.33. The molecular weight excluding hydrogens is 299 g/mol. The van der Waals surface area contributed by atoms with Gasteiger partial charge in [0.15, 0.2) is 5.78 Å². The van der Waals surface area contributed by atoms with E-state index in [0.29, 0.717) is 18.8 Å². The average molecular weight is 315 g/mol. The zero-order valence-corrected chi connectivity index (χ0v) is 11.8. The number of carbonyl (C=O) groups excluding carboxylic acids is 1. The Labute approximate surface area is 114 Å². The lowest BCUT2D eigenvalue weighted by molar-refractivity contribution is 0.00391. The molecule has 1 aromatic carbocycles. The largest absolute Gasteiger partial charge is 0.382 e. The number of Topliss-reactive ketones (excluding diaryl/α,β-unsaturated/α-hetero) is 1. The molecule has 0 aliphatic heterocycles. The summed E-state index contributed by atoms with van der Waals surface area (Å²) in [5, 5.41) is 10.4. The van der Waals surface area contributed by atoms with E-state index in [4.69, 9.17) is 0 Å². The summed E-state index contributed by atoms with van der Waals surface area (Å²) in [5.41, 5.74) is -1.42. The van der Waals surface area contributed by atoms with E-state index in [0.717, 1.165) is 12.8 Å². The first-order valence-electron chi connectivity index (χ1n) is 6.15. The van der Waals surface area contributed by atoms with Crippen LogP contribution in [0.2, 0.25) is 0 Å². The van der Waals surface area contributed by atoms with Crippen LogP contribution in [-0.2, 0) is 0 Å². The molecule has 1 saturated carbocycles. The van der Waals surface area contributed by atoms with E-state index < -0.39 is 17.2 Å². The number of ketones is 1. The van der Waals surface area contributed by atoms with Crippen LogP contribution in [0.3, 0.4) is 0 Å². The molecule has 1 fully saturated rings. The van der Waals surface area contributed by atoms with E-state index in [9.17, 15) is 14.3 Å². The summed E-state index contributed by atoms with van der Waals surface area (Å²) in [6.45, 7) is 2.10. The Morgan fingerprint density at radius 2 is 2.06 bits per heavy atom. The van der Waals surface area contributed by atoms with Crippen molar-refractivity contribution in [2.75, 3.05) is 0 Å². The number of benzene rings is 1. The minimum absolute atomic E-state index is 0.0265. The number of halogens is 2. The van der Waals surface area contributed by atoms with Gasteiger partial charge in [0.2, 0.25) is 0 Å². The van der Waals surface area contributed by atoms with Crippen LogP contribution in [0.15, 0.2) is 22.7 Å². The van der Waals surface area contributed by atoms with Crippen molar-refractivity contribution in [3.05, 3.63) is 34.1 Å². The molecule has 0 saturated heterocycles. The Kier molecular flexibility index (Phi) is 3.87. The Morgan fingerprint density at radius 3 is 2.67 bits per heavy atom. The minimum atomic E-state index is -1.39. The second-order valence-corrected chi connectivity index (χ2v) is 6.00. The highest BCUT2D eigenvalue weighted by molar-refractivity contribution is 9.10. The fraction of sp³-hybridized carbons (Fsp3) is 0.500. The molecule has 2 rings (SSSR count). The van der Waals surface area contributed by atoms with E-state index >= 15 is 0 Å². The molecule has 1 aliphatic carbocycles. The summed E-state index contributed by atoms with van der Waals surface area (Å²) in [6, 6.07) is 4.58. The van der Waals surface area contributed by atoms with Gasteiger partial charge >= 0.3 is 0 Å². The smallest absolute Gasteiger partial charge is 0.197 e. The third-order valence-electron chi connectivity index (χ3n) is 3.72. The number of hydrogen-bond acceptors (Lipinski definition) is 2. The maximum Gasteiger partial charge on any atom is 0.197 e. The third kappa shape index (κ3) is 2.50. The summed E-state index contributed by atoms with van der Waals surface area (Å²) < 4.78 is 14.1. The van der Waals surface area contributed by atoms with Crippen LogP contribution in [0.25, 0.3) is 0 Å². The predicted molar refractivity (Wildman–Crippen MR) is 71.0 cm³/mol. The van der Waals surface area contributed by atoms with Gasteiger partial charge in [-0.2, -0.15) is 0 Å². The van der Waals surface area contributed by atoms with Crippen LogP contribution in [-0.4, -0.2) is 16.5 Å². The van der Waals surface area contributed by atoms with Gasteiger partial charge in [-0.15, -0.1) is 0 Å². The second kappa shape index (κ2) is 5.10. The summed E-state index contributed by atoms with van der Waals surface area (Å²) in [4.78, 5) is 12.3. The fourth-order valence-electron chi connectivity index (χ4n) is 2.40. The van der Waals surface area contributed by atoms with Gasteiger partial charge in [-0.05, 0) is 59.7 Å². The highest BCUT2D eigenvalue weighted by atomic mass is 79.9.